The van der Waals surface area contributed by atoms with E-state index in [1.165, 1.54) is 12.1 Å². The predicted molar refractivity (Wildman–Crippen MR) is 125 cm³/mol. The lowest BCUT2D eigenvalue weighted by Gasteiger charge is -2.41. The number of imidazole rings is 1. The largest absolute Gasteiger partial charge is 0.381 e. The molecule has 2 atom stereocenters. The van der Waals surface area contributed by atoms with Gasteiger partial charge < -0.3 is 15.4 Å². The van der Waals surface area contributed by atoms with Gasteiger partial charge in [0.15, 0.2) is 27.3 Å². The molecule has 3 N–H and O–H groups in total. The van der Waals surface area contributed by atoms with Gasteiger partial charge >= 0.3 is 0 Å². The summed E-state index contributed by atoms with van der Waals surface area (Å²) in [5.41, 5.74) is -1.69. The van der Waals surface area contributed by atoms with Gasteiger partial charge in [0, 0.05) is 35.8 Å². The van der Waals surface area contributed by atoms with Gasteiger partial charge in [-0.3, -0.25) is 4.79 Å². The summed E-state index contributed by atoms with van der Waals surface area (Å²) in [6.07, 6.45) is 4.83. The van der Waals surface area contributed by atoms with E-state index < -0.39 is 44.0 Å². The number of hydrogen-bond donors (Lipinski definition) is 3. The van der Waals surface area contributed by atoms with Crippen LogP contribution >= 0.6 is 11.6 Å². The second kappa shape index (κ2) is 8.89. The van der Waals surface area contributed by atoms with E-state index in [1.54, 1.807) is 12.4 Å². The molecule has 0 aliphatic heterocycles. The SMILES string of the molecule is O=C(Nc1cc(F)c(F)c(F)c1)c1ccc(Cl)c(S(=O)(=O)[C@H]2CC3CCC(C2)[C@]3(O)c2ncc[nH]2)c1. The van der Waals surface area contributed by atoms with Crippen LogP contribution < -0.4 is 5.32 Å². The van der Waals surface area contributed by atoms with E-state index in [0.717, 1.165) is 6.07 Å². The maximum atomic E-state index is 13.6. The second-order valence-corrected chi connectivity index (χ2v) is 11.8. The smallest absolute Gasteiger partial charge is 0.255 e. The number of halogens is 4. The van der Waals surface area contributed by atoms with Crippen LogP contribution in [-0.2, 0) is 15.4 Å². The number of anilines is 1. The number of carbonyl (C=O) groups is 1. The Kier molecular flexibility index (Phi) is 6.12. The lowest BCUT2D eigenvalue weighted by Crippen LogP contribution is -2.46. The molecule has 2 bridgehead atoms. The van der Waals surface area contributed by atoms with Crippen LogP contribution in [-0.4, -0.2) is 34.6 Å². The molecule has 2 aliphatic rings. The maximum absolute atomic E-state index is 13.6. The van der Waals surface area contributed by atoms with Crippen LogP contribution in [0.4, 0.5) is 18.9 Å². The molecule has 2 aromatic carbocycles. The topological polar surface area (TPSA) is 112 Å². The highest BCUT2D eigenvalue weighted by Crippen LogP contribution is 2.56. The minimum absolute atomic E-state index is 0.0790. The molecule has 190 valence electrons. The number of nitrogens with zero attached hydrogens (tertiary/aromatic N) is 1. The number of rotatable bonds is 5. The number of aromatic nitrogens is 2. The monoisotopic (exact) mass is 539 g/mol. The number of hydrogen-bond acceptors (Lipinski definition) is 5. The molecule has 12 heteroatoms. The molecule has 0 saturated heterocycles. The molecule has 0 radical (unpaired) electrons. The van der Waals surface area contributed by atoms with Gasteiger partial charge in [0.25, 0.3) is 5.91 Å². The molecule has 36 heavy (non-hydrogen) atoms. The van der Waals surface area contributed by atoms with Gasteiger partial charge in [0.05, 0.1) is 15.2 Å². The van der Waals surface area contributed by atoms with E-state index in [2.05, 4.69) is 15.3 Å². The van der Waals surface area contributed by atoms with Crippen LogP contribution in [0.15, 0.2) is 47.6 Å². The Morgan fingerprint density at radius 3 is 2.33 bits per heavy atom. The highest BCUT2D eigenvalue weighted by molar-refractivity contribution is 7.92. The molecule has 3 aromatic rings. The fraction of sp³-hybridized carbons (Fsp3) is 0.333. The first-order chi connectivity index (χ1) is 17.0. The van der Waals surface area contributed by atoms with Crippen LogP contribution in [0.3, 0.4) is 0 Å². The molecule has 2 aliphatic carbocycles. The highest BCUT2D eigenvalue weighted by atomic mass is 35.5. The second-order valence-electron chi connectivity index (χ2n) is 9.23. The minimum Gasteiger partial charge on any atom is -0.381 e. The fourth-order valence-electron chi connectivity index (χ4n) is 5.50. The molecular weight excluding hydrogens is 519 g/mol. The van der Waals surface area contributed by atoms with Crippen molar-refractivity contribution >= 4 is 33.0 Å². The third-order valence-electron chi connectivity index (χ3n) is 7.26. The van der Waals surface area contributed by atoms with Crippen molar-refractivity contribution < 1.29 is 31.5 Å². The summed E-state index contributed by atoms with van der Waals surface area (Å²) in [7, 11) is -4.01. The Hall–Kier alpha value is -2.89. The first kappa shape index (κ1) is 24.8. The van der Waals surface area contributed by atoms with Crippen LogP contribution in [0, 0.1) is 29.3 Å². The molecule has 2 fully saturated rings. The molecule has 2 unspecified atom stereocenters. The number of amides is 1. The molecule has 5 rings (SSSR count). The van der Waals surface area contributed by atoms with Crippen molar-refractivity contribution in [3.8, 4) is 0 Å². The van der Waals surface area contributed by atoms with Gasteiger partial charge in [-0.05, 0) is 55.7 Å². The Balaban J connectivity index is 1.41. The predicted octanol–water partition coefficient (Wildman–Crippen LogP) is 4.58. The van der Waals surface area contributed by atoms with E-state index in [1.807, 2.05) is 0 Å². The van der Waals surface area contributed by atoms with Crippen molar-refractivity contribution in [3.05, 3.63) is 76.6 Å². The summed E-state index contributed by atoms with van der Waals surface area (Å²) in [6.45, 7) is 0. The van der Waals surface area contributed by atoms with E-state index in [-0.39, 0.29) is 45.8 Å². The van der Waals surface area contributed by atoms with Crippen molar-refractivity contribution in [2.24, 2.45) is 11.8 Å². The summed E-state index contributed by atoms with van der Waals surface area (Å²) < 4.78 is 67.4. The average Bonchev–Trinajstić information content (AvgIpc) is 3.40. The van der Waals surface area contributed by atoms with Gasteiger partial charge in [-0.2, -0.15) is 0 Å². The number of nitrogens with one attached hydrogen (secondary N) is 2. The quantitative estimate of drug-likeness (QED) is 0.411. The fourth-order valence-corrected chi connectivity index (χ4v) is 7.90. The van der Waals surface area contributed by atoms with Crippen LogP contribution in [0.5, 0.6) is 0 Å². The van der Waals surface area contributed by atoms with Crippen molar-refractivity contribution in [3.63, 3.8) is 0 Å². The highest BCUT2D eigenvalue weighted by Gasteiger charge is 2.58. The van der Waals surface area contributed by atoms with Crippen molar-refractivity contribution in [2.75, 3.05) is 5.32 Å². The van der Waals surface area contributed by atoms with Crippen LogP contribution in [0.2, 0.25) is 5.02 Å². The molecule has 1 amide bonds. The Morgan fingerprint density at radius 1 is 1.11 bits per heavy atom. The molecule has 0 spiro atoms. The summed E-state index contributed by atoms with van der Waals surface area (Å²) in [5.74, 6) is -5.71. The number of H-pyrrole nitrogens is 1. The first-order valence-corrected chi connectivity index (χ1v) is 13.2. The Morgan fingerprint density at radius 2 is 1.75 bits per heavy atom. The van der Waals surface area contributed by atoms with Crippen LogP contribution in [0.25, 0.3) is 0 Å². The van der Waals surface area contributed by atoms with Crippen molar-refractivity contribution in [1.82, 2.24) is 9.97 Å². The zero-order valence-corrected chi connectivity index (χ0v) is 20.2. The lowest BCUT2D eigenvalue weighted by atomic mass is 9.74. The van der Waals surface area contributed by atoms with Crippen molar-refractivity contribution in [2.45, 2.75) is 41.4 Å². The van der Waals surface area contributed by atoms with E-state index in [9.17, 15) is 31.5 Å². The summed E-state index contributed by atoms with van der Waals surface area (Å²) in [5, 5.41) is 12.7. The first-order valence-electron chi connectivity index (χ1n) is 11.2. The van der Waals surface area contributed by atoms with E-state index in [4.69, 9.17) is 11.6 Å². The number of fused-ring (bicyclic) bond motifs is 2. The van der Waals surface area contributed by atoms with E-state index in [0.29, 0.717) is 30.8 Å². The zero-order valence-electron chi connectivity index (χ0n) is 18.6. The zero-order chi connectivity index (χ0) is 25.8. The third-order valence-corrected chi connectivity index (χ3v) is 9.92. The lowest BCUT2D eigenvalue weighted by molar-refractivity contribution is -0.0713. The Bertz CT molecular complexity index is 1410. The van der Waals surface area contributed by atoms with Gasteiger partial charge in [0.2, 0.25) is 0 Å². The molecule has 2 saturated carbocycles. The minimum atomic E-state index is -4.01. The van der Waals surface area contributed by atoms with E-state index >= 15 is 0 Å². The standard InChI is InChI=1S/C24H21ClF3N3O4S/c25-17-4-1-12(22(32)31-15-10-18(26)21(28)19(27)11-15)7-20(17)36(34,35)16-8-13-2-3-14(9-16)24(13,33)23-29-5-6-30-23/h1,4-7,10-11,13-14,16,33H,2-3,8-9H2,(H,29,30)(H,31,32)/t13?,14?,16-,24-. The normalized spacial score (nSPS) is 25.6. The van der Waals surface area contributed by atoms with Gasteiger partial charge in [-0.1, -0.05) is 11.6 Å². The van der Waals surface area contributed by atoms with Crippen molar-refractivity contribution in [1.29, 1.82) is 0 Å². The number of benzene rings is 2. The summed E-state index contributed by atoms with van der Waals surface area (Å²) in [4.78, 5) is 19.6. The number of aliphatic hydroxyl groups is 1. The van der Waals surface area contributed by atoms with Gasteiger partial charge in [-0.15, -0.1) is 0 Å². The molecular formula is C24H21ClF3N3O4S. The summed E-state index contributed by atoms with van der Waals surface area (Å²) >= 11 is 6.23. The third kappa shape index (κ3) is 3.99. The van der Waals surface area contributed by atoms with Gasteiger partial charge in [0.1, 0.15) is 11.4 Å². The molecule has 7 nitrogen and oxygen atoms in total. The number of carbonyl (C=O) groups excluding carboxylic acids is 1. The average molecular weight is 540 g/mol. The maximum Gasteiger partial charge on any atom is 0.255 e. The van der Waals surface area contributed by atoms with Crippen LogP contribution in [0.1, 0.15) is 41.9 Å². The number of aromatic amines is 1. The Labute approximate surface area is 209 Å². The van der Waals surface area contributed by atoms with Gasteiger partial charge in [-0.25, -0.2) is 26.6 Å². The molecule has 1 heterocycles. The molecule has 1 aromatic heterocycles. The summed E-state index contributed by atoms with van der Waals surface area (Å²) in [6, 6.07) is 4.86. The number of sulfone groups is 1.